The summed E-state index contributed by atoms with van der Waals surface area (Å²) < 4.78 is 11.6. The number of methoxy groups -OCH3 is 1. The van der Waals surface area contributed by atoms with Crippen LogP contribution in [0.25, 0.3) is 10.8 Å². The lowest BCUT2D eigenvalue weighted by molar-refractivity contribution is -0.123. The number of aromatic nitrogens is 1. The van der Waals surface area contributed by atoms with Crippen molar-refractivity contribution in [2.45, 2.75) is 6.54 Å². The summed E-state index contributed by atoms with van der Waals surface area (Å²) in [6.07, 6.45) is 1.64. The molecule has 1 N–H and O–H groups in total. The lowest BCUT2D eigenvalue weighted by Crippen LogP contribution is -2.28. The predicted molar refractivity (Wildman–Crippen MR) is 99.8 cm³/mol. The smallest absolute Gasteiger partial charge is 0.258 e. The average molecular weight is 401 g/mol. The number of pyridine rings is 1. The molecular formula is C19H17BrN2O3. The highest BCUT2D eigenvalue weighted by Crippen LogP contribution is 2.32. The summed E-state index contributed by atoms with van der Waals surface area (Å²) in [5, 5.41) is 4.95. The molecule has 0 aliphatic rings. The molecule has 0 radical (unpaired) electrons. The molecule has 3 rings (SSSR count). The number of halogens is 1. The summed E-state index contributed by atoms with van der Waals surface area (Å²) >= 11 is 3.55. The summed E-state index contributed by atoms with van der Waals surface area (Å²) in [4.78, 5) is 16.1. The maximum atomic E-state index is 12.1. The van der Waals surface area contributed by atoms with Crippen LogP contribution in [0.5, 0.6) is 11.6 Å². The van der Waals surface area contributed by atoms with Gasteiger partial charge in [0.05, 0.1) is 11.6 Å². The number of carbonyl (C=O) groups excluding carboxylic acids is 1. The van der Waals surface area contributed by atoms with E-state index in [9.17, 15) is 4.79 Å². The van der Waals surface area contributed by atoms with Crippen molar-refractivity contribution in [2.24, 2.45) is 0 Å². The van der Waals surface area contributed by atoms with Gasteiger partial charge in [-0.25, -0.2) is 4.98 Å². The summed E-state index contributed by atoms with van der Waals surface area (Å²) in [6.45, 7) is 0.262. The fourth-order valence-corrected chi connectivity index (χ4v) is 3.06. The number of carbonyl (C=O) groups is 1. The van der Waals surface area contributed by atoms with Crippen LogP contribution in [0, 0.1) is 0 Å². The van der Waals surface area contributed by atoms with Gasteiger partial charge < -0.3 is 14.8 Å². The first kappa shape index (κ1) is 17.2. The highest BCUT2D eigenvalue weighted by molar-refractivity contribution is 9.10. The molecule has 128 valence electrons. The molecule has 0 saturated carbocycles. The van der Waals surface area contributed by atoms with E-state index in [2.05, 4.69) is 26.2 Å². The van der Waals surface area contributed by atoms with E-state index >= 15 is 0 Å². The Morgan fingerprint density at radius 1 is 1.16 bits per heavy atom. The van der Waals surface area contributed by atoms with Crippen LogP contribution in [-0.4, -0.2) is 24.6 Å². The molecule has 2 aromatic carbocycles. The third-order valence-electron chi connectivity index (χ3n) is 3.71. The average Bonchev–Trinajstić information content (AvgIpc) is 2.66. The number of nitrogens with one attached hydrogen (secondary N) is 1. The summed E-state index contributed by atoms with van der Waals surface area (Å²) in [7, 11) is 1.55. The molecule has 3 aromatic rings. The normalized spacial score (nSPS) is 10.5. The van der Waals surface area contributed by atoms with Crippen LogP contribution in [-0.2, 0) is 11.3 Å². The lowest BCUT2D eigenvalue weighted by atomic mass is 10.1. The monoisotopic (exact) mass is 400 g/mol. The van der Waals surface area contributed by atoms with Crippen LogP contribution >= 0.6 is 15.9 Å². The molecule has 5 nitrogen and oxygen atoms in total. The first-order valence-corrected chi connectivity index (χ1v) is 8.53. The Hall–Kier alpha value is -2.60. The number of fused-ring (bicyclic) bond motifs is 1. The van der Waals surface area contributed by atoms with Crippen molar-refractivity contribution in [2.75, 3.05) is 13.7 Å². The molecular weight excluding hydrogens is 384 g/mol. The van der Waals surface area contributed by atoms with Crippen LogP contribution in [0.2, 0.25) is 0 Å². The maximum absolute atomic E-state index is 12.1. The zero-order chi connectivity index (χ0) is 17.6. The van der Waals surface area contributed by atoms with Gasteiger partial charge >= 0.3 is 0 Å². The topological polar surface area (TPSA) is 60.5 Å². The molecule has 1 amide bonds. The Morgan fingerprint density at radius 3 is 2.84 bits per heavy atom. The van der Waals surface area contributed by atoms with Crippen molar-refractivity contribution < 1.29 is 14.3 Å². The van der Waals surface area contributed by atoms with Gasteiger partial charge in [-0.15, -0.1) is 0 Å². The predicted octanol–water partition coefficient (Wildman–Crippen LogP) is 3.70. The third-order valence-corrected chi connectivity index (χ3v) is 4.52. The van der Waals surface area contributed by atoms with Crippen molar-refractivity contribution in [1.29, 1.82) is 0 Å². The number of benzene rings is 2. The molecule has 0 saturated heterocycles. The standard InChI is InChI=1S/C19H17BrN2O3/c1-24-19-14(6-4-10-21-19)11-22-17(23)12-25-16-9-8-13-5-2-3-7-15(13)18(16)20/h2-10H,11-12H2,1H3,(H,22,23). The first-order valence-electron chi connectivity index (χ1n) is 7.73. The number of ether oxygens (including phenoxy) is 2. The Bertz CT molecular complexity index is 899. The van der Waals surface area contributed by atoms with E-state index in [1.807, 2.05) is 42.5 Å². The molecule has 0 atom stereocenters. The van der Waals surface area contributed by atoms with Crippen molar-refractivity contribution in [3.63, 3.8) is 0 Å². The van der Waals surface area contributed by atoms with Crippen LogP contribution in [0.4, 0.5) is 0 Å². The Labute approximate surface area is 154 Å². The Morgan fingerprint density at radius 2 is 2.00 bits per heavy atom. The molecule has 0 fully saturated rings. The van der Waals surface area contributed by atoms with E-state index in [0.717, 1.165) is 20.8 Å². The molecule has 0 aliphatic carbocycles. The minimum Gasteiger partial charge on any atom is -0.483 e. The second-order valence-electron chi connectivity index (χ2n) is 5.34. The number of hydrogen-bond donors (Lipinski definition) is 1. The van der Waals surface area contributed by atoms with Gasteiger partial charge in [0.1, 0.15) is 5.75 Å². The molecule has 0 unspecified atom stereocenters. The van der Waals surface area contributed by atoms with Gasteiger partial charge in [0.15, 0.2) is 6.61 Å². The quantitative estimate of drug-likeness (QED) is 0.685. The zero-order valence-electron chi connectivity index (χ0n) is 13.7. The number of rotatable bonds is 6. The lowest BCUT2D eigenvalue weighted by Gasteiger charge is -2.11. The summed E-state index contributed by atoms with van der Waals surface area (Å²) in [6, 6.07) is 15.4. The number of hydrogen-bond acceptors (Lipinski definition) is 4. The van der Waals surface area contributed by atoms with Crippen molar-refractivity contribution in [3.05, 3.63) is 64.8 Å². The van der Waals surface area contributed by atoms with Gasteiger partial charge in [-0.2, -0.15) is 0 Å². The largest absolute Gasteiger partial charge is 0.483 e. The van der Waals surface area contributed by atoms with Crippen molar-refractivity contribution in [1.82, 2.24) is 10.3 Å². The van der Waals surface area contributed by atoms with Crippen LogP contribution in [0.15, 0.2) is 59.2 Å². The highest BCUT2D eigenvalue weighted by atomic mass is 79.9. The van der Waals surface area contributed by atoms with Gasteiger partial charge in [0.25, 0.3) is 5.91 Å². The SMILES string of the molecule is COc1ncccc1CNC(=O)COc1ccc2ccccc2c1Br. The van der Waals surface area contributed by atoms with E-state index in [-0.39, 0.29) is 12.5 Å². The van der Waals surface area contributed by atoms with E-state index < -0.39 is 0 Å². The van der Waals surface area contributed by atoms with E-state index in [1.54, 1.807) is 19.4 Å². The van der Waals surface area contributed by atoms with Crippen LogP contribution < -0.4 is 14.8 Å². The van der Waals surface area contributed by atoms with Gasteiger partial charge in [0.2, 0.25) is 5.88 Å². The summed E-state index contributed by atoms with van der Waals surface area (Å²) in [5.74, 6) is 0.916. The van der Waals surface area contributed by atoms with Crippen molar-refractivity contribution in [3.8, 4) is 11.6 Å². The van der Waals surface area contributed by atoms with Gasteiger partial charge in [-0.3, -0.25) is 4.79 Å². The molecule has 1 heterocycles. The Balaban J connectivity index is 1.60. The van der Waals surface area contributed by atoms with Crippen LogP contribution in [0.1, 0.15) is 5.56 Å². The van der Waals surface area contributed by atoms with E-state index in [0.29, 0.717) is 18.2 Å². The minimum absolute atomic E-state index is 0.0699. The molecule has 0 bridgehead atoms. The molecule has 0 spiro atoms. The number of amides is 1. The summed E-state index contributed by atoms with van der Waals surface area (Å²) in [5.41, 5.74) is 0.810. The van der Waals surface area contributed by atoms with Crippen molar-refractivity contribution >= 4 is 32.6 Å². The van der Waals surface area contributed by atoms with E-state index in [1.165, 1.54) is 0 Å². The second kappa shape index (κ2) is 7.98. The first-order chi connectivity index (χ1) is 12.2. The van der Waals surface area contributed by atoms with E-state index in [4.69, 9.17) is 9.47 Å². The second-order valence-corrected chi connectivity index (χ2v) is 6.13. The molecule has 0 aliphatic heterocycles. The van der Waals surface area contributed by atoms with Gasteiger partial charge in [-0.05, 0) is 38.8 Å². The van der Waals surface area contributed by atoms with Gasteiger partial charge in [-0.1, -0.05) is 36.4 Å². The zero-order valence-corrected chi connectivity index (χ0v) is 15.2. The van der Waals surface area contributed by atoms with Crippen LogP contribution in [0.3, 0.4) is 0 Å². The molecule has 25 heavy (non-hydrogen) atoms. The fraction of sp³-hybridized carbons (Fsp3) is 0.158. The maximum Gasteiger partial charge on any atom is 0.258 e. The third kappa shape index (κ3) is 4.09. The number of nitrogens with zero attached hydrogens (tertiary/aromatic N) is 1. The highest BCUT2D eigenvalue weighted by Gasteiger charge is 2.10. The minimum atomic E-state index is -0.217. The fourth-order valence-electron chi connectivity index (χ4n) is 2.46. The Kier molecular flexibility index (Phi) is 5.50. The van der Waals surface area contributed by atoms with Gasteiger partial charge in [0, 0.05) is 18.3 Å². The molecule has 1 aromatic heterocycles. The molecule has 6 heteroatoms.